The zero-order valence-corrected chi connectivity index (χ0v) is 13.4. The van der Waals surface area contributed by atoms with Gasteiger partial charge >= 0.3 is 0 Å². The standard InChI is InChI=1S/C14H9ClF2N4O2S/c15-10-3-9(14-18-20-21-19-14)4-12(5-10)24(22,23)7-8-1-2-11(16)6-13(8)17/h1-6H,7H2,(H,18,19,20,21). The number of benzene rings is 2. The minimum Gasteiger partial charge on any atom is -0.223 e. The smallest absolute Gasteiger partial charge is 0.204 e. The van der Waals surface area contributed by atoms with E-state index in [1.165, 1.54) is 18.2 Å². The van der Waals surface area contributed by atoms with Gasteiger partial charge < -0.3 is 0 Å². The molecule has 0 fully saturated rings. The van der Waals surface area contributed by atoms with Crippen molar-refractivity contribution in [3.05, 3.63) is 58.6 Å². The third kappa shape index (κ3) is 3.41. The summed E-state index contributed by atoms with van der Waals surface area (Å²) in [6.45, 7) is 0. The number of aromatic nitrogens is 4. The Hall–Kier alpha value is -2.39. The van der Waals surface area contributed by atoms with E-state index in [2.05, 4.69) is 20.6 Å². The van der Waals surface area contributed by atoms with Gasteiger partial charge in [0.05, 0.1) is 10.6 Å². The molecule has 3 aromatic rings. The quantitative estimate of drug-likeness (QED) is 0.762. The van der Waals surface area contributed by atoms with Crippen molar-refractivity contribution in [1.82, 2.24) is 20.6 Å². The van der Waals surface area contributed by atoms with Gasteiger partial charge in [-0.15, -0.1) is 10.2 Å². The first-order chi connectivity index (χ1) is 11.3. The van der Waals surface area contributed by atoms with E-state index in [1.807, 2.05) is 0 Å². The summed E-state index contributed by atoms with van der Waals surface area (Å²) in [5.74, 6) is -2.18. The largest absolute Gasteiger partial charge is 0.223 e. The average Bonchev–Trinajstić information content (AvgIpc) is 3.04. The maximum atomic E-state index is 13.7. The predicted molar refractivity (Wildman–Crippen MR) is 81.9 cm³/mol. The molecule has 0 aliphatic heterocycles. The van der Waals surface area contributed by atoms with Crippen LogP contribution in [0.2, 0.25) is 5.02 Å². The number of halogens is 3. The number of aromatic amines is 1. The van der Waals surface area contributed by atoms with Gasteiger partial charge in [0.15, 0.2) is 9.84 Å². The van der Waals surface area contributed by atoms with Crippen LogP contribution >= 0.6 is 11.6 Å². The fraction of sp³-hybridized carbons (Fsp3) is 0.0714. The lowest BCUT2D eigenvalue weighted by molar-refractivity contribution is 0.569. The van der Waals surface area contributed by atoms with Crippen molar-refractivity contribution < 1.29 is 17.2 Å². The minimum absolute atomic E-state index is 0.126. The molecule has 3 rings (SSSR count). The van der Waals surface area contributed by atoms with E-state index in [-0.39, 0.29) is 21.3 Å². The van der Waals surface area contributed by atoms with Crippen molar-refractivity contribution in [1.29, 1.82) is 0 Å². The number of nitrogens with zero attached hydrogens (tertiary/aromatic N) is 3. The Labute approximate surface area is 140 Å². The molecule has 1 aromatic heterocycles. The van der Waals surface area contributed by atoms with Gasteiger partial charge in [0.25, 0.3) is 0 Å². The van der Waals surface area contributed by atoms with Crippen molar-refractivity contribution in [2.24, 2.45) is 0 Å². The van der Waals surface area contributed by atoms with E-state index in [4.69, 9.17) is 11.6 Å². The van der Waals surface area contributed by atoms with Crippen LogP contribution in [-0.4, -0.2) is 29.0 Å². The molecular formula is C14H9ClF2N4O2S. The molecule has 0 saturated carbocycles. The maximum Gasteiger partial charge on any atom is 0.204 e. The van der Waals surface area contributed by atoms with Crippen LogP contribution in [0.5, 0.6) is 0 Å². The first kappa shape index (κ1) is 16.5. The van der Waals surface area contributed by atoms with E-state index in [1.54, 1.807) is 0 Å². The summed E-state index contributed by atoms with van der Waals surface area (Å²) < 4.78 is 51.7. The van der Waals surface area contributed by atoms with Gasteiger partial charge in [0.1, 0.15) is 11.6 Å². The molecule has 0 aliphatic carbocycles. The lowest BCUT2D eigenvalue weighted by Gasteiger charge is -2.08. The average molecular weight is 371 g/mol. The second-order valence-corrected chi connectivity index (χ2v) is 7.33. The van der Waals surface area contributed by atoms with Crippen LogP contribution in [-0.2, 0) is 15.6 Å². The number of rotatable bonds is 4. The fourth-order valence-corrected chi connectivity index (χ4v) is 3.81. The van der Waals surface area contributed by atoms with Crippen molar-refractivity contribution >= 4 is 21.4 Å². The van der Waals surface area contributed by atoms with Crippen LogP contribution in [0, 0.1) is 11.6 Å². The third-order valence-electron chi connectivity index (χ3n) is 3.19. The highest BCUT2D eigenvalue weighted by Crippen LogP contribution is 2.27. The Morgan fingerprint density at radius 3 is 2.58 bits per heavy atom. The molecular weight excluding hydrogens is 362 g/mol. The highest BCUT2D eigenvalue weighted by Gasteiger charge is 2.20. The predicted octanol–water partition coefficient (Wildman–Crippen LogP) is 2.77. The minimum atomic E-state index is -3.92. The first-order valence-electron chi connectivity index (χ1n) is 6.56. The van der Waals surface area contributed by atoms with Gasteiger partial charge in [-0.3, -0.25) is 0 Å². The van der Waals surface area contributed by atoms with Crippen LogP contribution in [0.1, 0.15) is 5.56 Å². The van der Waals surface area contributed by atoms with Gasteiger partial charge in [-0.1, -0.05) is 17.7 Å². The monoisotopic (exact) mass is 370 g/mol. The molecule has 0 unspecified atom stereocenters. The zero-order valence-electron chi connectivity index (χ0n) is 11.9. The Bertz CT molecular complexity index is 994. The Balaban J connectivity index is 2.00. The normalized spacial score (nSPS) is 11.6. The summed E-state index contributed by atoms with van der Waals surface area (Å²) >= 11 is 5.95. The fourth-order valence-electron chi connectivity index (χ4n) is 2.08. The van der Waals surface area contributed by atoms with Crippen LogP contribution in [0.3, 0.4) is 0 Å². The van der Waals surface area contributed by atoms with E-state index in [0.29, 0.717) is 11.6 Å². The highest BCUT2D eigenvalue weighted by molar-refractivity contribution is 7.90. The van der Waals surface area contributed by atoms with Crippen LogP contribution < -0.4 is 0 Å². The van der Waals surface area contributed by atoms with E-state index >= 15 is 0 Å². The topological polar surface area (TPSA) is 88.6 Å². The van der Waals surface area contributed by atoms with Gasteiger partial charge in [-0.2, -0.15) is 5.21 Å². The van der Waals surface area contributed by atoms with Gasteiger partial charge in [0, 0.05) is 22.2 Å². The molecule has 124 valence electrons. The molecule has 1 N–H and O–H groups in total. The van der Waals surface area contributed by atoms with Gasteiger partial charge in [0.2, 0.25) is 5.82 Å². The summed E-state index contributed by atoms with van der Waals surface area (Å²) in [7, 11) is -3.92. The van der Waals surface area contributed by atoms with E-state index in [0.717, 1.165) is 12.1 Å². The summed E-state index contributed by atoms with van der Waals surface area (Å²) in [6, 6.07) is 6.75. The summed E-state index contributed by atoms with van der Waals surface area (Å²) in [6.07, 6.45) is 0. The molecule has 0 saturated heterocycles. The van der Waals surface area contributed by atoms with Crippen LogP contribution in [0.25, 0.3) is 11.4 Å². The number of tetrazole rings is 1. The van der Waals surface area contributed by atoms with Crippen molar-refractivity contribution in [2.45, 2.75) is 10.6 Å². The number of sulfone groups is 1. The van der Waals surface area contributed by atoms with Gasteiger partial charge in [-0.05, 0) is 29.5 Å². The summed E-state index contributed by atoms with van der Waals surface area (Å²) in [4.78, 5) is -0.126. The molecule has 2 aromatic carbocycles. The van der Waals surface area contributed by atoms with Crippen molar-refractivity contribution in [3.63, 3.8) is 0 Å². The third-order valence-corrected chi connectivity index (χ3v) is 5.06. The Morgan fingerprint density at radius 2 is 1.92 bits per heavy atom. The molecule has 6 nitrogen and oxygen atoms in total. The zero-order chi connectivity index (χ0) is 17.3. The summed E-state index contributed by atoms with van der Waals surface area (Å²) in [5.41, 5.74) is 0.201. The van der Waals surface area contributed by atoms with Crippen molar-refractivity contribution in [3.8, 4) is 11.4 Å². The SMILES string of the molecule is O=S(=O)(Cc1ccc(F)cc1F)c1cc(Cl)cc(-c2nn[nH]n2)c1. The van der Waals surface area contributed by atoms with Gasteiger partial charge in [-0.25, -0.2) is 17.2 Å². The van der Waals surface area contributed by atoms with Crippen LogP contribution in [0.4, 0.5) is 8.78 Å². The maximum absolute atomic E-state index is 13.7. The van der Waals surface area contributed by atoms with E-state index < -0.39 is 27.2 Å². The molecule has 0 bridgehead atoms. The Kier molecular flexibility index (Phi) is 4.29. The van der Waals surface area contributed by atoms with E-state index in [9.17, 15) is 17.2 Å². The number of nitrogens with one attached hydrogen (secondary N) is 1. The Morgan fingerprint density at radius 1 is 1.12 bits per heavy atom. The molecule has 24 heavy (non-hydrogen) atoms. The molecule has 1 heterocycles. The van der Waals surface area contributed by atoms with Crippen molar-refractivity contribution in [2.75, 3.05) is 0 Å². The molecule has 0 amide bonds. The number of hydrogen-bond acceptors (Lipinski definition) is 5. The lowest BCUT2D eigenvalue weighted by Crippen LogP contribution is -2.07. The second kappa shape index (κ2) is 6.25. The molecule has 0 atom stereocenters. The lowest BCUT2D eigenvalue weighted by atomic mass is 10.2. The molecule has 0 aliphatic rings. The number of H-pyrrole nitrogens is 1. The molecule has 0 radical (unpaired) electrons. The van der Waals surface area contributed by atoms with Crippen LogP contribution in [0.15, 0.2) is 41.3 Å². The molecule has 0 spiro atoms. The summed E-state index contributed by atoms with van der Waals surface area (Å²) in [5, 5.41) is 13.3. The first-order valence-corrected chi connectivity index (χ1v) is 8.59. The second-order valence-electron chi connectivity index (χ2n) is 4.91. The highest BCUT2D eigenvalue weighted by atomic mass is 35.5. The molecule has 10 heteroatoms. The number of hydrogen-bond donors (Lipinski definition) is 1.